The summed E-state index contributed by atoms with van der Waals surface area (Å²) in [6, 6.07) is 0. The molecule has 0 aliphatic heterocycles. The average molecular weight is 226 g/mol. The highest BCUT2D eigenvalue weighted by atomic mass is 32.2. The third-order valence-electron chi connectivity index (χ3n) is 1.31. The van der Waals surface area contributed by atoms with Crippen molar-refractivity contribution >= 4 is 9.84 Å². The lowest BCUT2D eigenvalue weighted by Crippen LogP contribution is -2.47. The van der Waals surface area contributed by atoms with Crippen LogP contribution in [-0.4, -0.2) is 25.1 Å². The topological polar surface area (TPSA) is 34.1 Å². The van der Waals surface area contributed by atoms with Crippen LogP contribution in [0.4, 0.5) is 22.0 Å². The summed E-state index contributed by atoms with van der Waals surface area (Å²) in [5.74, 6) is 0. The molecule has 0 aromatic carbocycles. The van der Waals surface area contributed by atoms with Crippen LogP contribution in [0.15, 0.2) is 0 Å². The molecule has 0 aromatic rings. The summed E-state index contributed by atoms with van der Waals surface area (Å²) >= 11 is 0. The molecule has 80 valence electrons. The van der Waals surface area contributed by atoms with E-state index in [1.807, 2.05) is 0 Å². The maximum Gasteiger partial charge on any atom is 0.469 e. The maximum absolute atomic E-state index is 12.2. The first-order chi connectivity index (χ1) is 5.44. The normalized spacial score (nSPS) is 15.1. The van der Waals surface area contributed by atoms with Gasteiger partial charge in [-0.05, 0) is 13.8 Å². The van der Waals surface area contributed by atoms with Crippen molar-refractivity contribution < 1.29 is 30.4 Å². The van der Waals surface area contributed by atoms with Gasteiger partial charge in [-0.3, -0.25) is 0 Å². The Balaban J connectivity index is 5.31. The zero-order chi connectivity index (χ0) is 11.1. The van der Waals surface area contributed by atoms with Gasteiger partial charge in [-0.2, -0.15) is 22.0 Å². The fraction of sp³-hybridized carbons (Fsp3) is 1.00. The van der Waals surface area contributed by atoms with E-state index in [1.54, 1.807) is 0 Å². The molecule has 0 fully saturated rings. The second-order valence-corrected chi connectivity index (χ2v) is 5.15. The molecule has 2 nitrogen and oxygen atoms in total. The Morgan fingerprint density at radius 3 is 1.38 bits per heavy atom. The molecular weight excluding hydrogens is 219 g/mol. The van der Waals surface area contributed by atoms with E-state index in [-0.39, 0.29) is 0 Å². The molecule has 0 atom stereocenters. The van der Waals surface area contributed by atoms with Crippen LogP contribution in [0.1, 0.15) is 13.8 Å². The number of rotatable bonds is 2. The summed E-state index contributed by atoms with van der Waals surface area (Å²) < 4.78 is 80.2. The highest BCUT2D eigenvalue weighted by Gasteiger charge is 2.67. The lowest BCUT2D eigenvalue weighted by atomic mass is 10.6. The molecule has 0 amide bonds. The Hall–Kier alpha value is -0.400. The Morgan fingerprint density at radius 2 is 1.31 bits per heavy atom. The van der Waals surface area contributed by atoms with Crippen LogP contribution in [-0.2, 0) is 9.84 Å². The van der Waals surface area contributed by atoms with Gasteiger partial charge in [0.05, 0.1) is 5.25 Å². The van der Waals surface area contributed by atoms with Crippen LogP contribution in [0.3, 0.4) is 0 Å². The van der Waals surface area contributed by atoms with Crippen LogP contribution >= 0.6 is 0 Å². The summed E-state index contributed by atoms with van der Waals surface area (Å²) in [5, 5.41) is -7.45. The highest BCUT2D eigenvalue weighted by molar-refractivity contribution is 7.93. The molecule has 0 spiro atoms. The SMILES string of the molecule is CC(C)S(=O)(=O)C(F)(F)C(F)(F)F. The molecule has 0 aromatic heterocycles. The minimum Gasteiger partial charge on any atom is -0.222 e. The molecule has 13 heavy (non-hydrogen) atoms. The molecule has 0 bridgehead atoms. The van der Waals surface area contributed by atoms with E-state index in [0.29, 0.717) is 0 Å². The largest absolute Gasteiger partial charge is 0.469 e. The molecule has 0 saturated carbocycles. The minimum atomic E-state index is -6.06. The van der Waals surface area contributed by atoms with Gasteiger partial charge in [0.25, 0.3) is 0 Å². The fourth-order valence-electron chi connectivity index (χ4n) is 0.457. The fourth-order valence-corrected chi connectivity index (χ4v) is 1.37. The lowest BCUT2D eigenvalue weighted by Gasteiger charge is -2.21. The zero-order valence-corrected chi connectivity index (χ0v) is 7.51. The maximum atomic E-state index is 12.2. The van der Waals surface area contributed by atoms with Crippen molar-refractivity contribution in [1.82, 2.24) is 0 Å². The van der Waals surface area contributed by atoms with Crippen molar-refractivity contribution in [3.05, 3.63) is 0 Å². The van der Waals surface area contributed by atoms with Crippen LogP contribution in [0, 0.1) is 0 Å². The summed E-state index contributed by atoms with van der Waals surface area (Å²) in [7, 11) is -5.49. The van der Waals surface area contributed by atoms with Crippen molar-refractivity contribution in [3.63, 3.8) is 0 Å². The van der Waals surface area contributed by atoms with Gasteiger partial charge >= 0.3 is 11.4 Å². The predicted octanol–water partition coefficient (Wildman–Crippen LogP) is 1.96. The van der Waals surface area contributed by atoms with Crippen LogP contribution in [0.25, 0.3) is 0 Å². The molecule has 0 radical (unpaired) electrons. The van der Waals surface area contributed by atoms with Crippen molar-refractivity contribution in [2.45, 2.75) is 30.5 Å². The molecule has 0 saturated heterocycles. The van der Waals surface area contributed by atoms with Crippen LogP contribution < -0.4 is 0 Å². The van der Waals surface area contributed by atoms with Gasteiger partial charge in [-0.1, -0.05) is 0 Å². The van der Waals surface area contributed by atoms with Crippen LogP contribution in [0.2, 0.25) is 0 Å². The average Bonchev–Trinajstić information content (AvgIpc) is 1.84. The second-order valence-electron chi connectivity index (χ2n) is 2.61. The summed E-state index contributed by atoms with van der Waals surface area (Å²) in [5.41, 5.74) is 0. The van der Waals surface area contributed by atoms with Crippen molar-refractivity contribution in [3.8, 4) is 0 Å². The van der Waals surface area contributed by atoms with Gasteiger partial charge in [0.1, 0.15) is 0 Å². The van der Waals surface area contributed by atoms with E-state index in [2.05, 4.69) is 0 Å². The van der Waals surface area contributed by atoms with Gasteiger partial charge in [0.2, 0.25) is 9.84 Å². The van der Waals surface area contributed by atoms with E-state index in [0.717, 1.165) is 13.8 Å². The number of hydrogen-bond donors (Lipinski definition) is 0. The zero-order valence-electron chi connectivity index (χ0n) is 6.69. The van der Waals surface area contributed by atoms with E-state index in [9.17, 15) is 30.4 Å². The van der Waals surface area contributed by atoms with Gasteiger partial charge < -0.3 is 0 Å². The van der Waals surface area contributed by atoms with E-state index < -0.39 is 26.5 Å². The Kier molecular flexibility index (Phi) is 2.98. The lowest BCUT2D eigenvalue weighted by molar-refractivity contribution is -0.241. The first-order valence-corrected chi connectivity index (χ1v) is 4.67. The summed E-state index contributed by atoms with van der Waals surface area (Å²) in [6.07, 6.45) is -6.06. The van der Waals surface area contributed by atoms with E-state index >= 15 is 0 Å². The summed E-state index contributed by atoms with van der Waals surface area (Å²) in [6.45, 7) is 1.52. The van der Waals surface area contributed by atoms with Gasteiger partial charge in [0, 0.05) is 0 Å². The molecule has 0 N–H and O–H groups in total. The molecular formula is C5H7F5O2S. The van der Waals surface area contributed by atoms with E-state index in [1.165, 1.54) is 0 Å². The third-order valence-corrected chi connectivity index (χ3v) is 3.50. The molecule has 0 aliphatic rings. The van der Waals surface area contributed by atoms with Gasteiger partial charge in [-0.15, -0.1) is 0 Å². The Bertz CT molecular complexity index is 276. The number of alkyl halides is 5. The first kappa shape index (κ1) is 12.6. The summed E-state index contributed by atoms with van der Waals surface area (Å²) in [4.78, 5) is 0. The number of hydrogen-bond acceptors (Lipinski definition) is 2. The molecule has 0 unspecified atom stereocenters. The van der Waals surface area contributed by atoms with E-state index in [4.69, 9.17) is 0 Å². The Labute approximate surface area is 71.7 Å². The van der Waals surface area contributed by atoms with Gasteiger partial charge in [0.15, 0.2) is 0 Å². The first-order valence-electron chi connectivity index (χ1n) is 3.12. The third kappa shape index (κ3) is 1.92. The number of sulfone groups is 1. The van der Waals surface area contributed by atoms with Crippen molar-refractivity contribution in [2.75, 3.05) is 0 Å². The molecule has 0 heterocycles. The van der Waals surface area contributed by atoms with Crippen molar-refractivity contribution in [1.29, 1.82) is 0 Å². The molecule has 8 heteroatoms. The minimum absolute atomic E-state index is 0.759. The van der Waals surface area contributed by atoms with Crippen LogP contribution in [0.5, 0.6) is 0 Å². The Morgan fingerprint density at radius 1 is 1.00 bits per heavy atom. The quantitative estimate of drug-likeness (QED) is 0.674. The van der Waals surface area contributed by atoms with Crippen molar-refractivity contribution in [2.24, 2.45) is 0 Å². The molecule has 0 rings (SSSR count). The smallest absolute Gasteiger partial charge is 0.222 e. The molecule has 0 aliphatic carbocycles. The monoisotopic (exact) mass is 226 g/mol. The predicted molar refractivity (Wildman–Crippen MR) is 35.1 cm³/mol. The number of halogens is 5. The van der Waals surface area contributed by atoms with Gasteiger partial charge in [-0.25, -0.2) is 8.42 Å². The second kappa shape index (κ2) is 3.07. The highest BCUT2D eigenvalue weighted by Crippen LogP contribution is 2.41. The standard InChI is InChI=1S/C5H7F5O2S/c1-3(2)13(11,12)5(9,10)4(6,7)8/h3H,1-2H3.